The summed E-state index contributed by atoms with van der Waals surface area (Å²) in [4.78, 5) is 46.5. The number of nitrogens with zero attached hydrogens (tertiary/aromatic N) is 4. The van der Waals surface area contributed by atoms with Crippen LogP contribution < -0.4 is 31.6 Å². The van der Waals surface area contributed by atoms with E-state index in [9.17, 15) is 14.4 Å². The van der Waals surface area contributed by atoms with E-state index in [2.05, 4.69) is 43.0 Å². The molecule has 316 valence electrons. The predicted molar refractivity (Wildman–Crippen MR) is 240 cm³/mol. The van der Waals surface area contributed by atoms with Gasteiger partial charge in [-0.15, -0.1) is 0 Å². The summed E-state index contributed by atoms with van der Waals surface area (Å²) >= 11 is 13.0. The molecule has 4 aromatic heterocycles. The third-order valence-corrected chi connectivity index (χ3v) is 10.5. The van der Waals surface area contributed by atoms with Crippen molar-refractivity contribution < 1.29 is 19.0 Å². The maximum absolute atomic E-state index is 13.0. The number of alkyl carbamates (subject to hydrolysis) is 1. The minimum absolute atomic E-state index is 0.0593. The number of halogens is 2. The van der Waals surface area contributed by atoms with Gasteiger partial charge in [0.1, 0.15) is 30.3 Å². The predicted octanol–water partition coefficient (Wildman–Crippen LogP) is 9.17. The van der Waals surface area contributed by atoms with Gasteiger partial charge in [0.2, 0.25) is 0 Å². The summed E-state index contributed by atoms with van der Waals surface area (Å²) in [6.07, 6.45) is 4.49. The summed E-state index contributed by atoms with van der Waals surface area (Å²) in [5.74, 6) is 1.83. The van der Waals surface area contributed by atoms with Crippen LogP contribution in [0.25, 0.3) is 43.4 Å². The Morgan fingerprint density at radius 1 is 0.746 bits per heavy atom. The zero-order valence-electron chi connectivity index (χ0n) is 35.8. The molecule has 4 heterocycles. The maximum atomic E-state index is 13.0. The molecule has 59 heavy (non-hydrogen) atoms. The Labute approximate surface area is 355 Å². The molecule has 0 unspecified atom stereocenters. The molecule has 6 rings (SSSR count). The summed E-state index contributed by atoms with van der Waals surface area (Å²) in [5, 5.41) is 8.42. The van der Waals surface area contributed by atoms with Gasteiger partial charge in [0, 0.05) is 55.4 Å². The average molecular weight is 848 g/mol. The highest BCUT2D eigenvalue weighted by Crippen LogP contribution is 2.35. The van der Waals surface area contributed by atoms with Gasteiger partial charge in [-0.25, -0.2) is 4.79 Å². The Kier molecular flexibility index (Phi) is 14.2. The largest absolute Gasteiger partial charge is 0.490 e. The van der Waals surface area contributed by atoms with E-state index in [0.29, 0.717) is 74.1 Å². The van der Waals surface area contributed by atoms with Crippen LogP contribution >= 0.6 is 23.2 Å². The molecule has 0 radical (unpaired) electrons. The van der Waals surface area contributed by atoms with Crippen molar-refractivity contribution in [3.05, 3.63) is 90.9 Å². The summed E-state index contributed by atoms with van der Waals surface area (Å²) in [7, 11) is 3.47. The van der Waals surface area contributed by atoms with Crippen LogP contribution in [0.1, 0.15) is 72.7 Å². The standard InChI is InChI=1S/C25H32ClN3O4.C20H24ClN3O2/c1-14(2)10-16(28-24(31)33-25(4,5)6)13-32-21-12-20-18(11-19(21)26)17-8-9-27-15(3)22(17)23(30)29(20)7;1-11(2)7-13(22)10-26-18-9-17-15(8-16(18)21)14-5-6-23-12(3)19(14)20(25)24(17)4/h8-9,11-12,14,16H,10,13H2,1-7H3,(H,28,31);5-6,8-9,11,13H,7,10,22H2,1-4H3/t16-;13-/m11/s1. The van der Waals surface area contributed by atoms with Crippen molar-refractivity contribution >= 4 is 72.6 Å². The molecule has 12 nitrogen and oxygen atoms in total. The van der Waals surface area contributed by atoms with Crippen molar-refractivity contribution in [1.29, 1.82) is 0 Å². The number of rotatable bonds is 11. The lowest BCUT2D eigenvalue weighted by Gasteiger charge is -2.25. The van der Waals surface area contributed by atoms with Crippen LogP contribution in [0.5, 0.6) is 11.5 Å². The van der Waals surface area contributed by atoms with E-state index in [0.717, 1.165) is 33.5 Å². The first-order chi connectivity index (χ1) is 27.7. The molecule has 0 fully saturated rings. The highest BCUT2D eigenvalue weighted by atomic mass is 35.5. The average Bonchev–Trinajstić information content (AvgIpc) is 3.13. The number of aromatic nitrogens is 4. The maximum Gasteiger partial charge on any atom is 0.407 e. The van der Waals surface area contributed by atoms with E-state index in [1.165, 1.54) is 0 Å². The van der Waals surface area contributed by atoms with Crippen LogP contribution in [-0.4, -0.2) is 56.1 Å². The molecule has 3 N–H and O–H groups in total. The van der Waals surface area contributed by atoms with Crippen LogP contribution in [0.4, 0.5) is 4.79 Å². The molecule has 0 aliphatic rings. The first-order valence-corrected chi connectivity index (χ1v) is 20.6. The number of nitrogens with two attached hydrogens (primary N) is 1. The van der Waals surface area contributed by atoms with Gasteiger partial charge < -0.3 is 34.4 Å². The lowest BCUT2D eigenvalue weighted by molar-refractivity contribution is 0.0480. The van der Waals surface area contributed by atoms with E-state index < -0.39 is 11.7 Å². The van der Waals surface area contributed by atoms with Crippen molar-refractivity contribution in [2.24, 2.45) is 31.7 Å². The summed E-state index contributed by atoms with van der Waals surface area (Å²) in [5.41, 5.74) is 8.17. The van der Waals surface area contributed by atoms with Crippen LogP contribution in [0.3, 0.4) is 0 Å². The van der Waals surface area contributed by atoms with Crippen LogP contribution in [-0.2, 0) is 18.8 Å². The van der Waals surface area contributed by atoms with Crippen LogP contribution in [0.15, 0.2) is 58.4 Å². The number of aryl methyl sites for hydroxylation is 4. The summed E-state index contributed by atoms with van der Waals surface area (Å²) < 4.78 is 20.5. The Morgan fingerprint density at radius 3 is 1.61 bits per heavy atom. The molecule has 6 aromatic rings. The quantitative estimate of drug-likeness (QED) is 0.122. The Morgan fingerprint density at radius 2 is 1.19 bits per heavy atom. The Balaban J connectivity index is 0.000000230. The van der Waals surface area contributed by atoms with E-state index in [4.69, 9.17) is 43.1 Å². The molecule has 0 aliphatic carbocycles. The molecule has 0 saturated carbocycles. The van der Waals surface area contributed by atoms with Crippen LogP contribution in [0.2, 0.25) is 10.0 Å². The number of fused-ring (bicyclic) bond motifs is 6. The Bertz CT molecular complexity index is 2630. The fraction of sp³-hybridized carbons (Fsp3) is 0.444. The molecule has 0 aliphatic heterocycles. The topological polar surface area (TPSA) is 153 Å². The second-order valence-corrected chi connectivity index (χ2v) is 17.8. The van der Waals surface area contributed by atoms with E-state index in [1.54, 1.807) is 41.7 Å². The van der Waals surface area contributed by atoms with Gasteiger partial charge in [0.15, 0.2) is 0 Å². The van der Waals surface area contributed by atoms with Gasteiger partial charge in [-0.3, -0.25) is 19.6 Å². The number of hydrogen-bond donors (Lipinski definition) is 2. The van der Waals surface area contributed by atoms with Gasteiger partial charge in [-0.1, -0.05) is 50.9 Å². The van der Waals surface area contributed by atoms with Gasteiger partial charge in [0.25, 0.3) is 11.1 Å². The van der Waals surface area contributed by atoms with E-state index in [1.807, 2.05) is 65.0 Å². The second-order valence-electron chi connectivity index (χ2n) is 17.0. The minimum Gasteiger partial charge on any atom is -0.490 e. The van der Waals surface area contributed by atoms with Crippen molar-refractivity contribution in [3.8, 4) is 11.5 Å². The normalized spacial score (nSPS) is 12.9. The van der Waals surface area contributed by atoms with Crippen molar-refractivity contribution in [2.75, 3.05) is 13.2 Å². The zero-order chi connectivity index (χ0) is 43.5. The van der Waals surface area contributed by atoms with Crippen LogP contribution in [0, 0.1) is 25.7 Å². The SMILES string of the molecule is Cc1nccc2c1c(=O)n(C)c1cc(OC[C@@H](CC(C)C)NC(=O)OC(C)(C)C)c(Cl)cc21.Cc1nccc2c1c(=O)n(C)c1cc(OC[C@H](N)CC(C)C)c(Cl)cc21. The number of nitrogens with one attached hydrogen (secondary N) is 1. The molecular weight excluding hydrogens is 791 g/mol. The van der Waals surface area contributed by atoms with Crippen molar-refractivity contribution in [2.45, 2.75) is 92.8 Å². The number of hydrogen-bond acceptors (Lipinski definition) is 9. The number of benzene rings is 2. The van der Waals surface area contributed by atoms with Crippen molar-refractivity contribution in [3.63, 3.8) is 0 Å². The lowest BCUT2D eigenvalue weighted by Crippen LogP contribution is -2.42. The second kappa shape index (κ2) is 18.6. The highest BCUT2D eigenvalue weighted by molar-refractivity contribution is 6.33. The zero-order valence-corrected chi connectivity index (χ0v) is 37.3. The van der Waals surface area contributed by atoms with Gasteiger partial charge >= 0.3 is 6.09 Å². The molecular formula is C45H56Cl2N6O6. The molecule has 0 bridgehead atoms. The third-order valence-electron chi connectivity index (χ3n) is 9.87. The number of pyridine rings is 4. The fourth-order valence-electron chi connectivity index (χ4n) is 7.24. The number of ether oxygens (including phenoxy) is 3. The molecule has 2 atom stereocenters. The molecule has 14 heteroatoms. The lowest BCUT2D eigenvalue weighted by atomic mass is 10.0. The third kappa shape index (κ3) is 10.6. The molecule has 0 saturated heterocycles. The number of amides is 1. The fourth-order valence-corrected chi connectivity index (χ4v) is 7.68. The number of carbonyl (C=O) groups excluding carboxylic acids is 1. The van der Waals surface area contributed by atoms with Gasteiger partial charge in [-0.05, 0) is 94.3 Å². The first kappa shape index (κ1) is 45.2. The number of carbonyl (C=O) groups is 1. The highest BCUT2D eigenvalue weighted by Gasteiger charge is 2.22. The smallest absolute Gasteiger partial charge is 0.407 e. The Hall–Kier alpha value is -4.91. The van der Waals surface area contributed by atoms with Crippen molar-refractivity contribution in [1.82, 2.24) is 24.4 Å². The van der Waals surface area contributed by atoms with E-state index >= 15 is 0 Å². The molecule has 1 amide bonds. The van der Waals surface area contributed by atoms with E-state index in [-0.39, 0.29) is 29.8 Å². The van der Waals surface area contributed by atoms with Gasteiger partial charge in [-0.2, -0.15) is 0 Å². The summed E-state index contributed by atoms with van der Waals surface area (Å²) in [6.45, 7) is 18.1. The monoisotopic (exact) mass is 846 g/mol. The molecule has 2 aromatic carbocycles. The summed E-state index contributed by atoms with van der Waals surface area (Å²) in [6, 6.07) is 10.6. The van der Waals surface area contributed by atoms with Gasteiger partial charge in [0.05, 0.1) is 49.3 Å². The minimum atomic E-state index is -0.587. The molecule has 0 spiro atoms. The first-order valence-electron chi connectivity index (χ1n) is 19.8.